The Morgan fingerprint density at radius 1 is 1.03 bits per heavy atom. The van der Waals surface area contributed by atoms with Gasteiger partial charge in [0.1, 0.15) is 23.1 Å². The van der Waals surface area contributed by atoms with Crippen LogP contribution in [-0.4, -0.2) is 13.3 Å². The number of rotatable bonds is 4. The molecule has 0 aliphatic carbocycles. The smallest absolute Gasteiger partial charge is 0.234 e. The van der Waals surface area contributed by atoms with Crippen molar-refractivity contribution in [2.75, 3.05) is 7.11 Å². The highest BCUT2D eigenvalue weighted by atomic mass is 79.9. The predicted molar refractivity (Wildman–Crippen MR) is 139 cm³/mol. The average molecular weight is 530 g/mol. The monoisotopic (exact) mass is 528 g/mol. The zero-order chi connectivity index (χ0) is 23.7. The number of ether oxygens (including phenoxy) is 2. The van der Waals surface area contributed by atoms with Crippen LogP contribution in [-0.2, 0) is 0 Å². The number of benzene rings is 4. The Morgan fingerprint density at radius 2 is 1.79 bits per heavy atom. The summed E-state index contributed by atoms with van der Waals surface area (Å²) in [6.07, 6.45) is 1.68. The lowest BCUT2D eigenvalue weighted by Gasteiger charge is -2.28. The van der Waals surface area contributed by atoms with Gasteiger partial charge in [0, 0.05) is 21.3 Å². The van der Waals surface area contributed by atoms with E-state index in [-0.39, 0.29) is 11.8 Å². The Bertz CT molecular complexity index is 1490. The van der Waals surface area contributed by atoms with Crippen molar-refractivity contribution in [2.45, 2.75) is 5.92 Å². The summed E-state index contributed by atoms with van der Waals surface area (Å²) in [6, 6.07) is 27.5. The Hall–Kier alpha value is -3.59. The number of aliphatic imine (C=N–C) groups is 1. The van der Waals surface area contributed by atoms with Crippen LogP contribution in [0.15, 0.2) is 99.8 Å². The van der Waals surface area contributed by atoms with Gasteiger partial charge in [0.15, 0.2) is 0 Å². The van der Waals surface area contributed by atoms with Gasteiger partial charge in [-0.2, -0.15) is 5.26 Å². The van der Waals surface area contributed by atoms with Gasteiger partial charge in [0.05, 0.1) is 13.0 Å². The van der Waals surface area contributed by atoms with Gasteiger partial charge >= 0.3 is 0 Å². The fourth-order valence-electron chi connectivity index (χ4n) is 4.14. The maximum absolute atomic E-state index is 10.3. The molecule has 166 valence electrons. The molecule has 0 aromatic heterocycles. The lowest BCUT2D eigenvalue weighted by Crippen LogP contribution is -2.16. The van der Waals surface area contributed by atoms with Crippen molar-refractivity contribution in [3.63, 3.8) is 0 Å². The molecule has 6 heteroatoms. The van der Waals surface area contributed by atoms with Crippen LogP contribution in [0.1, 0.15) is 22.6 Å². The number of hydrogen-bond acceptors (Lipinski definition) is 4. The van der Waals surface area contributed by atoms with E-state index in [0.29, 0.717) is 16.3 Å². The van der Waals surface area contributed by atoms with Crippen LogP contribution >= 0.6 is 27.5 Å². The molecule has 0 amide bonds. The van der Waals surface area contributed by atoms with Crippen molar-refractivity contribution in [3.05, 3.63) is 117 Å². The first-order valence-corrected chi connectivity index (χ1v) is 11.7. The van der Waals surface area contributed by atoms with Gasteiger partial charge in [-0.05, 0) is 64.4 Å². The molecular weight excluding hydrogens is 512 g/mol. The van der Waals surface area contributed by atoms with Crippen LogP contribution in [0.5, 0.6) is 11.5 Å². The highest BCUT2D eigenvalue weighted by molar-refractivity contribution is 9.10. The zero-order valence-corrected chi connectivity index (χ0v) is 20.5. The van der Waals surface area contributed by atoms with Crippen molar-refractivity contribution >= 4 is 44.5 Å². The fourth-order valence-corrected chi connectivity index (χ4v) is 4.64. The van der Waals surface area contributed by atoms with E-state index in [9.17, 15) is 5.26 Å². The molecule has 0 bridgehead atoms. The molecule has 34 heavy (non-hydrogen) atoms. The molecule has 5 rings (SSSR count). The van der Waals surface area contributed by atoms with Gasteiger partial charge in [-0.15, -0.1) is 0 Å². The highest BCUT2D eigenvalue weighted by Crippen LogP contribution is 2.47. The van der Waals surface area contributed by atoms with Gasteiger partial charge in [-0.3, -0.25) is 0 Å². The molecule has 1 aliphatic heterocycles. The predicted octanol–water partition coefficient (Wildman–Crippen LogP) is 7.64. The number of fused-ring (bicyclic) bond motifs is 3. The molecule has 0 saturated heterocycles. The molecule has 4 aromatic rings. The molecule has 0 saturated carbocycles. The first kappa shape index (κ1) is 22.2. The second-order valence-electron chi connectivity index (χ2n) is 7.79. The van der Waals surface area contributed by atoms with Crippen LogP contribution in [0, 0.1) is 11.3 Å². The maximum atomic E-state index is 10.3. The highest BCUT2D eigenvalue weighted by Gasteiger charge is 2.33. The van der Waals surface area contributed by atoms with Gasteiger partial charge < -0.3 is 9.47 Å². The first-order valence-electron chi connectivity index (χ1n) is 10.6. The molecule has 1 aliphatic rings. The van der Waals surface area contributed by atoms with E-state index in [0.717, 1.165) is 37.7 Å². The molecule has 1 atom stereocenters. The SMILES string of the molecule is COc1ccc(C2C(C#N)=C(/N=C/c3ccc(Cl)cc3)Oc3ccc4cc(Br)ccc4c32)cc1. The second-order valence-corrected chi connectivity index (χ2v) is 9.14. The molecule has 0 spiro atoms. The number of methoxy groups -OCH3 is 1. The van der Waals surface area contributed by atoms with Crippen molar-refractivity contribution in [1.82, 2.24) is 0 Å². The lowest BCUT2D eigenvalue weighted by atomic mass is 9.81. The summed E-state index contributed by atoms with van der Waals surface area (Å²) in [4.78, 5) is 4.57. The minimum atomic E-state index is -0.345. The summed E-state index contributed by atoms with van der Waals surface area (Å²) >= 11 is 9.55. The summed E-state index contributed by atoms with van der Waals surface area (Å²) in [5.74, 6) is 1.36. The molecular formula is C28H18BrClN2O2. The summed E-state index contributed by atoms with van der Waals surface area (Å²) in [6.45, 7) is 0. The molecule has 4 aromatic carbocycles. The zero-order valence-electron chi connectivity index (χ0n) is 18.1. The third-order valence-electron chi connectivity index (χ3n) is 5.77. The first-order chi connectivity index (χ1) is 16.6. The summed E-state index contributed by atoms with van der Waals surface area (Å²) in [7, 11) is 1.63. The molecule has 0 radical (unpaired) electrons. The molecule has 1 heterocycles. The molecule has 1 unspecified atom stereocenters. The van der Waals surface area contributed by atoms with E-state index in [2.05, 4.69) is 39.1 Å². The minimum absolute atomic E-state index is 0.280. The third-order valence-corrected chi connectivity index (χ3v) is 6.51. The fraction of sp³-hybridized carbons (Fsp3) is 0.0714. The molecule has 0 N–H and O–H groups in total. The second kappa shape index (κ2) is 9.34. The van der Waals surface area contributed by atoms with Crippen molar-refractivity contribution in [1.29, 1.82) is 5.26 Å². The summed E-state index contributed by atoms with van der Waals surface area (Å²) in [5, 5.41) is 13.0. The summed E-state index contributed by atoms with van der Waals surface area (Å²) < 4.78 is 12.5. The van der Waals surface area contributed by atoms with Crippen LogP contribution in [0.2, 0.25) is 5.02 Å². The number of nitriles is 1. The number of halogens is 2. The number of allylic oxidation sites excluding steroid dienone is 1. The normalized spacial score (nSPS) is 15.2. The summed E-state index contributed by atoms with van der Waals surface area (Å²) in [5.41, 5.74) is 3.19. The van der Waals surface area contributed by atoms with Crippen molar-refractivity contribution < 1.29 is 9.47 Å². The minimum Gasteiger partial charge on any atom is -0.497 e. The van der Waals surface area contributed by atoms with E-state index >= 15 is 0 Å². The van der Waals surface area contributed by atoms with E-state index in [4.69, 9.17) is 21.1 Å². The Kier molecular flexibility index (Phi) is 6.10. The van der Waals surface area contributed by atoms with Gasteiger partial charge in [0.2, 0.25) is 5.88 Å². The Balaban J connectivity index is 1.70. The van der Waals surface area contributed by atoms with Crippen LogP contribution in [0.4, 0.5) is 0 Å². The van der Waals surface area contributed by atoms with Gasteiger partial charge in [-0.1, -0.05) is 63.9 Å². The number of nitrogens with zero attached hydrogens (tertiary/aromatic N) is 2. The van der Waals surface area contributed by atoms with Crippen LogP contribution in [0.3, 0.4) is 0 Å². The molecule has 0 fully saturated rings. The molecule has 4 nitrogen and oxygen atoms in total. The van der Waals surface area contributed by atoms with Crippen molar-refractivity contribution in [2.24, 2.45) is 4.99 Å². The topological polar surface area (TPSA) is 54.6 Å². The Morgan fingerprint density at radius 3 is 2.50 bits per heavy atom. The quantitative estimate of drug-likeness (QED) is 0.255. The Labute approximate surface area is 210 Å². The van der Waals surface area contributed by atoms with Crippen LogP contribution < -0.4 is 9.47 Å². The van der Waals surface area contributed by atoms with Crippen LogP contribution in [0.25, 0.3) is 10.8 Å². The van der Waals surface area contributed by atoms with E-state index in [1.165, 1.54) is 0 Å². The van der Waals surface area contributed by atoms with E-state index in [1.54, 1.807) is 25.5 Å². The number of hydrogen-bond donors (Lipinski definition) is 0. The van der Waals surface area contributed by atoms with Gasteiger partial charge in [0.25, 0.3) is 0 Å². The third kappa shape index (κ3) is 4.19. The standard InChI is InChI=1S/C28H18BrClN2O2/c1-33-22-10-4-18(5-11-22)26-24(15-31)28(32-16-17-2-8-21(30)9-3-17)34-25-13-6-19-14-20(29)7-12-23(19)27(25)26/h2-14,16,26H,1H3/b32-16+. The van der Waals surface area contributed by atoms with E-state index < -0.39 is 0 Å². The van der Waals surface area contributed by atoms with Crippen molar-refractivity contribution in [3.8, 4) is 17.6 Å². The maximum Gasteiger partial charge on any atom is 0.234 e. The lowest BCUT2D eigenvalue weighted by molar-refractivity contribution is 0.396. The average Bonchev–Trinajstić information content (AvgIpc) is 2.87. The van der Waals surface area contributed by atoms with E-state index in [1.807, 2.05) is 54.6 Å². The largest absolute Gasteiger partial charge is 0.497 e. The van der Waals surface area contributed by atoms with Gasteiger partial charge in [-0.25, -0.2) is 4.99 Å².